The van der Waals surface area contributed by atoms with Gasteiger partial charge in [0.25, 0.3) is 5.56 Å². The van der Waals surface area contributed by atoms with Gasteiger partial charge in [-0.25, -0.2) is 4.98 Å². The molecule has 0 bridgehead atoms. The van der Waals surface area contributed by atoms with E-state index in [1.807, 2.05) is 5.38 Å². The monoisotopic (exact) mass is 306 g/mol. The number of nitrogens with zero attached hydrogens (tertiary/aromatic N) is 2. The maximum absolute atomic E-state index is 12.2. The van der Waals surface area contributed by atoms with Crippen LogP contribution in [0.25, 0.3) is 10.2 Å². The Morgan fingerprint density at radius 1 is 1.57 bits per heavy atom. The smallest absolute Gasteiger partial charge is 0.262 e. The molecule has 0 aliphatic carbocycles. The second kappa shape index (κ2) is 6.36. The Bertz CT molecular complexity index is 688. The van der Waals surface area contributed by atoms with Crippen molar-refractivity contribution in [3.63, 3.8) is 0 Å². The van der Waals surface area contributed by atoms with Gasteiger partial charge < -0.3 is 10.6 Å². The molecule has 1 aliphatic rings. The summed E-state index contributed by atoms with van der Waals surface area (Å²) in [7, 11) is 0. The molecule has 1 aliphatic heterocycles. The topological polar surface area (TPSA) is 76.0 Å². The van der Waals surface area contributed by atoms with Gasteiger partial charge in [-0.1, -0.05) is 0 Å². The first kappa shape index (κ1) is 14.2. The molecule has 0 radical (unpaired) electrons. The van der Waals surface area contributed by atoms with Gasteiger partial charge >= 0.3 is 0 Å². The molecule has 2 aromatic heterocycles. The van der Waals surface area contributed by atoms with Gasteiger partial charge in [-0.3, -0.25) is 14.2 Å². The maximum atomic E-state index is 12.2. The quantitative estimate of drug-likeness (QED) is 0.872. The Labute approximate surface area is 126 Å². The van der Waals surface area contributed by atoms with Crippen molar-refractivity contribution in [3.05, 3.63) is 28.1 Å². The van der Waals surface area contributed by atoms with E-state index in [1.165, 1.54) is 22.2 Å². The lowest BCUT2D eigenvalue weighted by Gasteiger charge is -2.23. The highest BCUT2D eigenvalue weighted by atomic mass is 32.1. The van der Waals surface area contributed by atoms with E-state index in [0.29, 0.717) is 18.4 Å². The number of hydrogen-bond donors (Lipinski definition) is 2. The fraction of sp³-hybridized carbons (Fsp3) is 0.500. The average molecular weight is 306 g/mol. The molecule has 3 heterocycles. The third-order valence-electron chi connectivity index (χ3n) is 3.69. The van der Waals surface area contributed by atoms with Crippen LogP contribution in [0.2, 0.25) is 0 Å². The lowest BCUT2D eigenvalue weighted by atomic mass is 10.1. The molecule has 112 valence electrons. The Hall–Kier alpha value is -1.73. The predicted octanol–water partition coefficient (Wildman–Crippen LogP) is 0.716. The first-order valence-electron chi connectivity index (χ1n) is 7.17. The summed E-state index contributed by atoms with van der Waals surface area (Å²) in [6.45, 7) is 2.21. The van der Waals surface area contributed by atoms with Gasteiger partial charge in [-0.15, -0.1) is 11.3 Å². The summed E-state index contributed by atoms with van der Waals surface area (Å²) in [6, 6.07) is 1.99. The van der Waals surface area contributed by atoms with Crippen LogP contribution < -0.4 is 16.2 Å². The van der Waals surface area contributed by atoms with Crippen LogP contribution in [0, 0.1) is 0 Å². The van der Waals surface area contributed by atoms with E-state index in [0.717, 1.165) is 30.8 Å². The van der Waals surface area contributed by atoms with Gasteiger partial charge in [0.2, 0.25) is 5.91 Å². The van der Waals surface area contributed by atoms with Crippen molar-refractivity contribution in [1.29, 1.82) is 0 Å². The SMILES string of the molecule is O=C(CCn1cnc2sccc2c1=O)NC1CCCNC1. The second-order valence-corrected chi connectivity index (χ2v) is 6.14. The van der Waals surface area contributed by atoms with Gasteiger partial charge in [0, 0.05) is 25.6 Å². The average Bonchev–Trinajstić information content (AvgIpc) is 2.97. The van der Waals surface area contributed by atoms with Gasteiger partial charge in [-0.2, -0.15) is 0 Å². The molecule has 1 atom stereocenters. The van der Waals surface area contributed by atoms with Crippen LogP contribution in [-0.4, -0.2) is 34.6 Å². The molecule has 2 N–H and O–H groups in total. The summed E-state index contributed by atoms with van der Waals surface area (Å²) in [4.78, 5) is 29.1. The third-order valence-corrected chi connectivity index (χ3v) is 4.51. The van der Waals surface area contributed by atoms with Crippen LogP contribution in [0.3, 0.4) is 0 Å². The van der Waals surface area contributed by atoms with E-state index in [-0.39, 0.29) is 17.5 Å². The molecule has 2 aromatic rings. The standard InChI is InChI=1S/C14H18N4O2S/c19-12(17-10-2-1-5-15-8-10)3-6-18-9-16-13-11(14(18)20)4-7-21-13/h4,7,9-10,15H,1-3,5-6,8H2,(H,17,19). The first-order chi connectivity index (χ1) is 10.2. The van der Waals surface area contributed by atoms with Gasteiger partial charge in [0.15, 0.2) is 0 Å². The fourth-order valence-electron chi connectivity index (χ4n) is 2.55. The minimum Gasteiger partial charge on any atom is -0.352 e. The molecule has 0 saturated carbocycles. The summed E-state index contributed by atoms with van der Waals surface area (Å²) < 4.78 is 1.51. The van der Waals surface area contributed by atoms with Crippen molar-refractivity contribution >= 4 is 27.5 Å². The number of nitrogens with one attached hydrogen (secondary N) is 2. The number of fused-ring (bicyclic) bond motifs is 1. The van der Waals surface area contributed by atoms with Crippen molar-refractivity contribution in [3.8, 4) is 0 Å². The highest BCUT2D eigenvalue weighted by Crippen LogP contribution is 2.13. The number of hydrogen-bond acceptors (Lipinski definition) is 5. The summed E-state index contributed by atoms with van der Waals surface area (Å²) in [5, 5.41) is 8.74. The molecular formula is C14H18N4O2S. The van der Waals surface area contributed by atoms with Crippen molar-refractivity contribution in [2.45, 2.75) is 31.8 Å². The molecule has 1 unspecified atom stereocenters. The number of rotatable bonds is 4. The van der Waals surface area contributed by atoms with Crippen LogP contribution in [0.1, 0.15) is 19.3 Å². The number of aromatic nitrogens is 2. The van der Waals surface area contributed by atoms with Crippen molar-refractivity contribution in [2.24, 2.45) is 0 Å². The zero-order chi connectivity index (χ0) is 14.7. The van der Waals surface area contributed by atoms with E-state index in [9.17, 15) is 9.59 Å². The summed E-state index contributed by atoms with van der Waals surface area (Å²) in [5.74, 6) is -0.0129. The minimum atomic E-state index is -0.0756. The van der Waals surface area contributed by atoms with Gasteiger partial charge in [0.1, 0.15) is 4.83 Å². The Kier molecular flexibility index (Phi) is 4.31. The second-order valence-electron chi connectivity index (χ2n) is 5.24. The zero-order valence-electron chi connectivity index (χ0n) is 11.7. The molecule has 7 heteroatoms. The molecule has 0 aromatic carbocycles. The van der Waals surface area contributed by atoms with Crippen LogP contribution >= 0.6 is 11.3 Å². The van der Waals surface area contributed by atoms with E-state index in [2.05, 4.69) is 15.6 Å². The summed E-state index contributed by atoms with van der Waals surface area (Å²) >= 11 is 1.45. The van der Waals surface area contributed by atoms with Crippen LogP contribution in [0.4, 0.5) is 0 Å². The molecular weight excluding hydrogens is 288 g/mol. The Balaban J connectivity index is 1.59. The normalized spacial score (nSPS) is 18.8. The highest BCUT2D eigenvalue weighted by molar-refractivity contribution is 7.16. The van der Waals surface area contributed by atoms with Crippen LogP contribution in [0.5, 0.6) is 0 Å². The molecule has 1 fully saturated rings. The van der Waals surface area contributed by atoms with E-state index in [4.69, 9.17) is 0 Å². The van der Waals surface area contributed by atoms with E-state index >= 15 is 0 Å². The molecule has 3 rings (SSSR count). The zero-order valence-corrected chi connectivity index (χ0v) is 12.5. The number of amides is 1. The van der Waals surface area contributed by atoms with Crippen molar-refractivity contribution < 1.29 is 4.79 Å². The predicted molar refractivity (Wildman–Crippen MR) is 82.5 cm³/mol. The van der Waals surface area contributed by atoms with Gasteiger partial charge in [0.05, 0.1) is 11.7 Å². The minimum absolute atomic E-state index is 0.0129. The fourth-order valence-corrected chi connectivity index (χ4v) is 3.27. The molecule has 0 spiro atoms. The van der Waals surface area contributed by atoms with Crippen molar-refractivity contribution in [1.82, 2.24) is 20.2 Å². The number of aryl methyl sites for hydroxylation is 1. The van der Waals surface area contributed by atoms with Crippen LogP contribution in [-0.2, 0) is 11.3 Å². The molecule has 1 saturated heterocycles. The molecule has 21 heavy (non-hydrogen) atoms. The lowest BCUT2D eigenvalue weighted by Crippen LogP contribution is -2.45. The third kappa shape index (κ3) is 3.30. The Morgan fingerprint density at radius 3 is 3.29 bits per heavy atom. The maximum Gasteiger partial charge on any atom is 0.262 e. The van der Waals surface area contributed by atoms with E-state index in [1.54, 1.807) is 6.07 Å². The van der Waals surface area contributed by atoms with Crippen molar-refractivity contribution in [2.75, 3.05) is 13.1 Å². The lowest BCUT2D eigenvalue weighted by molar-refractivity contribution is -0.122. The number of carbonyl (C=O) groups is 1. The van der Waals surface area contributed by atoms with E-state index < -0.39 is 0 Å². The first-order valence-corrected chi connectivity index (χ1v) is 8.05. The number of thiophene rings is 1. The highest BCUT2D eigenvalue weighted by Gasteiger charge is 2.15. The summed E-state index contributed by atoms with van der Waals surface area (Å²) in [5.41, 5.74) is -0.0756. The number of piperidine rings is 1. The Morgan fingerprint density at radius 2 is 2.48 bits per heavy atom. The largest absolute Gasteiger partial charge is 0.352 e. The molecule has 6 nitrogen and oxygen atoms in total. The summed E-state index contributed by atoms with van der Waals surface area (Å²) in [6.07, 6.45) is 3.93. The molecule has 1 amide bonds. The van der Waals surface area contributed by atoms with Gasteiger partial charge in [-0.05, 0) is 30.8 Å². The van der Waals surface area contributed by atoms with Crippen LogP contribution in [0.15, 0.2) is 22.6 Å². The number of carbonyl (C=O) groups excluding carboxylic acids is 1.